The van der Waals surface area contributed by atoms with Crippen LogP contribution in [0.4, 0.5) is 4.39 Å². The van der Waals surface area contributed by atoms with Crippen LogP contribution in [0.3, 0.4) is 0 Å². The summed E-state index contributed by atoms with van der Waals surface area (Å²) in [7, 11) is 3.02. The highest BCUT2D eigenvalue weighted by atomic mass is 19.1. The van der Waals surface area contributed by atoms with E-state index >= 15 is 0 Å². The summed E-state index contributed by atoms with van der Waals surface area (Å²) in [6.07, 6.45) is -1.05. The van der Waals surface area contributed by atoms with Gasteiger partial charge >= 0.3 is 5.97 Å². The topological polar surface area (TPSA) is 44.8 Å². The molecule has 2 atom stereocenters. The van der Waals surface area contributed by atoms with E-state index in [1.807, 2.05) is 0 Å². The molecule has 0 aliphatic heterocycles. The first-order valence-electron chi connectivity index (χ1n) is 6.14. The van der Waals surface area contributed by atoms with Crippen molar-refractivity contribution in [2.24, 2.45) is 0 Å². The van der Waals surface area contributed by atoms with E-state index in [0.29, 0.717) is 17.1 Å². The monoisotopic (exact) mass is 268 g/mol. The normalized spacial score (nSPS) is 24.7. The van der Waals surface area contributed by atoms with E-state index in [2.05, 4.69) is 0 Å². The van der Waals surface area contributed by atoms with E-state index in [1.54, 1.807) is 25.1 Å². The first kappa shape index (κ1) is 13.6. The number of carbonyl (C=O) groups is 1. The standard InChI is InChI=1S/C14H17FO4/c1-4-19-13(16)14(8-12(14)15)9-5-6-10(17-2)11(7-9)18-3/h5-7,12H,4,8H2,1-3H3. The number of ether oxygens (including phenoxy) is 3. The van der Waals surface area contributed by atoms with Crippen molar-refractivity contribution in [3.05, 3.63) is 23.8 Å². The Morgan fingerprint density at radius 1 is 1.37 bits per heavy atom. The number of esters is 1. The minimum absolute atomic E-state index is 0.154. The summed E-state index contributed by atoms with van der Waals surface area (Å²) in [5.41, 5.74) is -0.605. The highest BCUT2D eigenvalue weighted by Gasteiger charge is 2.64. The summed E-state index contributed by atoms with van der Waals surface area (Å²) in [6, 6.07) is 4.98. The van der Waals surface area contributed by atoms with Crippen molar-refractivity contribution in [1.82, 2.24) is 0 Å². The number of alkyl halides is 1. The molecule has 1 saturated carbocycles. The highest BCUT2D eigenvalue weighted by Crippen LogP contribution is 2.53. The fourth-order valence-corrected chi connectivity index (χ4v) is 2.23. The summed E-state index contributed by atoms with van der Waals surface area (Å²) in [4.78, 5) is 12.0. The van der Waals surface area contributed by atoms with Crippen LogP contribution in [0.15, 0.2) is 18.2 Å². The minimum Gasteiger partial charge on any atom is -0.493 e. The predicted molar refractivity (Wildman–Crippen MR) is 67.4 cm³/mol. The lowest BCUT2D eigenvalue weighted by atomic mass is 9.95. The zero-order valence-corrected chi connectivity index (χ0v) is 11.2. The van der Waals surface area contributed by atoms with Gasteiger partial charge in [-0.05, 0) is 24.6 Å². The van der Waals surface area contributed by atoms with Gasteiger partial charge < -0.3 is 14.2 Å². The maximum absolute atomic E-state index is 13.7. The van der Waals surface area contributed by atoms with Crippen LogP contribution in [0.5, 0.6) is 11.5 Å². The zero-order valence-electron chi connectivity index (χ0n) is 11.2. The number of halogens is 1. The molecule has 0 spiro atoms. The first-order valence-corrected chi connectivity index (χ1v) is 6.14. The number of hydrogen-bond acceptors (Lipinski definition) is 4. The molecule has 104 valence electrons. The van der Waals surface area contributed by atoms with Crippen LogP contribution in [0, 0.1) is 0 Å². The SMILES string of the molecule is CCOC(=O)C1(c2ccc(OC)c(OC)c2)CC1F. The lowest BCUT2D eigenvalue weighted by molar-refractivity contribution is -0.146. The molecular weight excluding hydrogens is 251 g/mol. The van der Waals surface area contributed by atoms with Gasteiger partial charge in [0.1, 0.15) is 11.6 Å². The first-order chi connectivity index (χ1) is 9.09. The van der Waals surface area contributed by atoms with Gasteiger partial charge in [0.05, 0.1) is 20.8 Å². The largest absolute Gasteiger partial charge is 0.493 e. The second-order valence-corrected chi connectivity index (χ2v) is 4.43. The highest BCUT2D eigenvalue weighted by molar-refractivity contribution is 5.88. The molecule has 2 rings (SSSR count). The van der Waals surface area contributed by atoms with Gasteiger partial charge in [-0.3, -0.25) is 4.79 Å². The van der Waals surface area contributed by atoms with Crippen LogP contribution in [0.25, 0.3) is 0 Å². The molecule has 4 nitrogen and oxygen atoms in total. The number of methoxy groups -OCH3 is 2. The molecule has 2 unspecified atom stereocenters. The lowest BCUT2D eigenvalue weighted by Gasteiger charge is -2.16. The quantitative estimate of drug-likeness (QED) is 0.768. The summed E-state index contributed by atoms with van der Waals surface area (Å²) in [6.45, 7) is 1.94. The number of carbonyl (C=O) groups excluding carboxylic acids is 1. The second kappa shape index (κ2) is 5.07. The van der Waals surface area contributed by atoms with Crippen molar-refractivity contribution >= 4 is 5.97 Å². The third-order valence-corrected chi connectivity index (χ3v) is 3.41. The summed E-state index contributed by atoms with van der Waals surface area (Å²) in [5, 5.41) is 0. The summed E-state index contributed by atoms with van der Waals surface area (Å²) in [5.74, 6) is 0.499. The second-order valence-electron chi connectivity index (χ2n) is 4.43. The molecule has 1 fully saturated rings. The fraction of sp³-hybridized carbons (Fsp3) is 0.500. The molecule has 0 bridgehead atoms. The van der Waals surface area contributed by atoms with Crippen molar-refractivity contribution in [3.8, 4) is 11.5 Å². The average Bonchev–Trinajstić information content (AvgIpc) is 3.11. The van der Waals surface area contributed by atoms with Crippen molar-refractivity contribution < 1.29 is 23.4 Å². The van der Waals surface area contributed by atoms with E-state index in [9.17, 15) is 9.18 Å². The van der Waals surface area contributed by atoms with E-state index in [0.717, 1.165) is 0 Å². The van der Waals surface area contributed by atoms with Crippen LogP contribution >= 0.6 is 0 Å². The molecule has 19 heavy (non-hydrogen) atoms. The number of rotatable bonds is 5. The predicted octanol–water partition coefficient (Wildman–Crippen LogP) is 2.25. The molecule has 1 aromatic rings. The Labute approximate surface area is 111 Å². The molecule has 0 radical (unpaired) electrons. The Morgan fingerprint density at radius 3 is 2.47 bits per heavy atom. The van der Waals surface area contributed by atoms with Crippen molar-refractivity contribution in [3.63, 3.8) is 0 Å². The Balaban J connectivity index is 2.37. The summed E-state index contributed by atoms with van der Waals surface area (Å²) >= 11 is 0. The Morgan fingerprint density at radius 2 is 2.00 bits per heavy atom. The van der Waals surface area contributed by atoms with E-state index in [4.69, 9.17) is 14.2 Å². The smallest absolute Gasteiger partial charge is 0.319 e. The molecule has 1 aliphatic rings. The Kier molecular flexibility index (Phi) is 3.64. The minimum atomic E-state index is -1.20. The van der Waals surface area contributed by atoms with Crippen molar-refractivity contribution in [2.75, 3.05) is 20.8 Å². The molecular formula is C14H17FO4. The van der Waals surface area contributed by atoms with E-state index < -0.39 is 17.6 Å². The zero-order chi connectivity index (χ0) is 14.0. The maximum Gasteiger partial charge on any atom is 0.319 e. The molecule has 5 heteroatoms. The third-order valence-electron chi connectivity index (χ3n) is 3.41. The molecule has 0 saturated heterocycles. The van der Waals surface area contributed by atoms with Crippen molar-refractivity contribution in [2.45, 2.75) is 24.9 Å². The molecule has 0 heterocycles. The van der Waals surface area contributed by atoms with Crippen molar-refractivity contribution in [1.29, 1.82) is 0 Å². The van der Waals surface area contributed by atoms with Crippen LogP contribution < -0.4 is 9.47 Å². The average molecular weight is 268 g/mol. The van der Waals surface area contributed by atoms with Crippen LogP contribution in [-0.2, 0) is 14.9 Å². The third kappa shape index (κ3) is 2.13. The van der Waals surface area contributed by atoms with Crippen LogP contribution in [0.2, 0.25) is 0 Å². The molecule has 0 amide bonds. The van der Waals surface area contributed by atoms with E-state index in [-0.39, 0.29) is 13.0 Å². The van der Waals surface area contributed by atoms with E-state index in [1.165, 1.54) is 14.2 Å². The van der Waals surface area contributed by atoms with Gasteiger partial charge in [0.2, 0.25) is 0 Å². The van der Waals surface area contributed by atoms with Gasteiger partial charge in [-0.2, -0.15) is 0 Å². The maximum atomic E-state index is 13.7. The van der Waals surface area contributed by atoms with Gasteiger partial charge in [-0.25, -0.2) is 4.39 Å². The Hall–Kier alpha value is -1.78. The molecule has 1 aliphatic carbocycles. The van der Waals surface area contributed by atoms with Crippen LogP contribution in [0.1, 0.15) is 18.9 Å². The fourth-order valence-electron chi connectivity index (χ4n) is 2.23. The lowest BCUT2D eigenvalue weighted by Crippen LogP contribution is -2.26. The Bertz CT molecular complexity index is 488. The van der Waals surface area contributed by atoms with Gasteiger partial charge in [0.25, 0.3) is 0 Å². The van der Waals surface area contributed by atoms with Gasteiger partial charge in [-0.15, -0.1) is 0 Å². The molecule has 0 N–H and O–H groups in total. The summed E-state index contributed by atoms with van der Waals surface area (Å²) < 4.78 is 29.0. The van der Waals surface area contributed by atoms with Gasteiger partial charge in [0, 0.05) is 6.42 Å². The van der Waals surface area contributed by atoms with Gasteiger partial charge in [-0.1, -0.05) is 6.07 Å². The van der Waals surface area contributed by atoms with Crippen LogP contribution in [-0.4, -0.2) is 33.0 Å². The molecule has 0 aromatic heterocycles. The molecule has 1 aromatic carbocycles. The number of benzene rings is 1. The number of hydrogen-bond donors (Lipinski definition) is 0. The van der Waals surface area contributed by atoms with Gasteiger partial charge in [0.15, 0.2) is 11.5 Å².